The van der Waals surface area contributed by atoms with E-state index in [-0.39, 0.29) is 11.5 Å². The number of ether oxygens (including phenoxy) is 2. The van der Waals surface area contributed by atoms with Crippen molar-refractivity contribution in [2.24, 2.45) is 4.99 Å². The van der Waals surface area contributed by atoms with Crippen LogP contribution < -0.4 is 20.1 Å². The molecule has 2 N–H and O–H groups in total. The van der Waals surface area contributed by atoms with Gasteiger partial charge in [-0.2, -0.15) is 8.78 Å². The molecule has 0 saturated heterocycles. The number of benzene rings is 1. The molecule has 2 aromatic rings. The van der Waals surface area contributed by atoms with Crippen molar-refractivity contribution in [3.63, 3.8) is 0 Å². The number of aliphatic imine (C=N–C) groups is 1. The highest BCUT2D eigenvalue weighted by Crippen LogP contribution is 2.29. The van der Waals surface area contributed by atoms with Gasteiger partial charge in [0.15, 0.2) is 17.5 Å². The number of guanidine groups is 1. The minimum Gasteiger partial charge on any atom is -0.493 e. The molecule has 2 rings (SSSR count). The summed E-state index contributed by atoms with van der Waals surface area (Å²) < 4.78 is 39.8. The van der Waals surface area contributed by atoms with Gasteiger partial charge in [-0.15, -0.1) is 0 Å². The largest absolute Gasteiger partial charge is 0.493 e. The SMILES string of the molecule is CCNC(=NCc1ccc(OC)c(OC(F)F)c1)NCCc1ccco1. The molecule has 0 bridgehead atoms. The van der Waals surface area contributed by atoms with Crippen molar-refractivity contribution in [1.82, 2.24) is 10.6 Å². The maximum Gasteiger partial charge on any atom is 0.387 e. The van der Waals surface area contributed by atoms with Crippen molar-refractivity contribution in [2.75, 3.05) is 20.2 Å². The average Bonchev–Trinajstić information content (AvgIpc) is 3.13. The first-order chi connectivity index (χ1) is 12.6. The standard InChI is InChI=1S/C18H23F2N3O3/c1-3-21-18(22-9-8-14-5-4-10-25-14)23-12-13-6-7-15(24-2)16(11-13)26-17(19)20/h4-7,10-11,17H,3,8-9,12H2,1-2H3,(H2,21,22,23). The molecule has 1 heterocycles. The molecule has 8 heteroatoms. The number of hydrogen-bond acceptors (Lipinski definition) is 4. The molecule has 0 radical (unpaired) electrons. The van der Waals surface area contributed by atoms with E-state index in [4.69, 9.17) is 9.15 Å². The lowest BCUT2D eigenvalue weighted by Gasteiger charge is -2.12. The van der Waals surface area contributed by atoms with Gasteiger partial charge in [-0.25, -0.2) is 4.99 Å². The first kappa shape index (κ1) is 19.6. The lowest BCUT2D eigenvalue weighted by molar-refractivity contribution is -0.0512. The van der Waals surface area contributed by atoms with E-state index in [2.05, 4.69) is 20.4 Å². The topological polar surface area (TPSA) is 68.0 Å². The molecule has 1 aromatic heterocycles. The molecule has 1 aromatic carbocycles. The Hall–Kier alpha value is -2.77. The Morgan fingerprint density at radius 3 is 2.73 bits per heavy atom. The number of rotatable bonds is 9. The van der Waals surface area contributed by atoms with Crippen molar-refractivity contribution in [3.8, 4) is 11.5 Å². The summed E-state index contributed by atoms with van der Waals surface area (Å²) in [6.45, 7) is 0.713. The third-order valence-corrected chi connectivity index (χ3v) is 3.45. The molecule has 0 atom stereocenters. The van der Waals surface area contributed by atoms with E-state index in [9.17, 15) is 8.78 Å². The molecule has 0 aliphatic carbocycles. The Balaban J connectivity index is 1.98. The summed E-state index contributed by atoms with van der Waals surface area (Å²) in [4.78, 5) is 4.46. The van der Waals surface area contributed by atoms with Crippen LogP contribution >= 0.6 is 0 Å². The van der Waals surface area contributed by atoms with Crippen molar-refractivity contribution in [3.05, 3.63) is 47.9 Å². The smallest absolute Gasteiger partial charge is 0.387 e. The number of alkyl halides is 2. The Morgan fingerprint density at radius 2 is 2.08 bits per heavy atom. The first-order valence-corrected chi connectivity index (χ1v) is 8.28. The number of furan rings is 1. The lowest BCUT2D eigenvalue weighted by atomic mass is 10.2. The molecular weight excluding hydrogens is 344 g/mol. The summed E-state index contributed by atoms with van der Waals surface area (Å²) >= 11 is 0. The van der Waals surface area contributed by atoms with Crippen LogP contribution in [-0.4, -0.2) is 32.8 Å². The van der Waals surface area contributed by atoms with Crippen LogP contribution in [0.1, 0.15) is 18.2 Å². The Bertz CT molecular complexity index is 691. The summed E-state index contributed by atoms with van der Waals surface area (Å²) in [7, 11) is 1.40. The molecule has 0 unspecified atom stereocenters. The molecule has 0 amide bonds. The third kappa shape index (κ3) is 6.27. The minimum absolute atomic E-state index is 0.00835. The zero-order chi connectivity index (χ0) is 18.8. The van der Waals surface area contributed by atoms with Crippen LogP contribution in [0.25, 0.3) is 0 Å². The van der Waals surface area contributed by atoms with Gasteiger partial charge in [0.1, 0.15) is 5.76 Å². The summed E-state index contributed by atoms with van der Waals surface area (Å²) in [5, 5.41) is 6.34. The zero-order valence-electron chi connectivity index (χ0n) is 14.8. The second-order valence-electron chi connectivity index (χ2n) is 5.32. The Kier molecular flexibility index (Phi) is 7.73. The van der Waals surface area contributed by atoms with Crippen LogP contribution in [0.2, 0.25) is 0 Å². The molecule has 0 aliphatic rings. The monoisotopic (exact) mass is 367 g/mol. The third-order valence-electron chi connectivity index (χ3n) is 3.45. The summed E-state index contributed by atoms with van der Waals surface area (Å²) in [6, 6.07) is 8.60. The van der Waals surface area contributed by atoms with Gasteiger partial charge in [0, 0.05) is 19.5 Å². The highest BCUT2D eigenvalue weighted by molar-refractivity contribution is 5.79. The number of nitrogens with one attached hydrogen (secondary N) is 2. The van der Waals surface area contributed by atoms with Crippen LogP contribution in [0.15, 0.2) is 46.0 Å². The van der Waals surface area contributed by atoms with Gasteiger partial charge in [-0.3, -0.25) is 0 Å². The van der Waals surface area contributed by atoms with Crippen LogP contribution in [0.3, 0.4) is 0 Å². The average molecular weight is 367 g/mol. The van der Waals surface area contributed by atoms with Crippen LogP contribution in [0.5, 0.6) is 11.5 Å². The predicted octanol–water partition coefficient (Wildman–Crippen LogP) is 3.19. The highest BCUT2D eigenvalue weighted by atomic mass is 19.3. The van der Waals surface area contributed by atoms with E-state index >= 15 is 0 Å². The lowest BCUT2D eigenvalue weighted by Crippen LogP contribution is -2.38. The van der Waals surface area contributed by atoms with E-state index in [1.165, 1.54) is 13.2 Å². The first-order valence-electron chi connectivity index (χ1n) is 8.28. The molecule has 142 valence electrons. The van der Waals surface area contributed by atoms with Crippen molar-refractivity contribution < 1.29 is 22.7 Å². The summed E-state index contributed by atoms with van der Waals surface area (Å²) in [5.41, 5.74) is 0.727. The van der Waals surface area contributed by atoms with E-state index < -0.39 is 6.61 Å². The van der Waals surface area contributed by atoms with E-state index in [0.29, 0.717) is 25.6 Å². The quantitative estimate of drug-likeness (QED) is 0.526. The van der Waals surface area contributed by atoms with Crippen molar-refractivity contribution in [2.45, 2.75) is 26.5 Å². The predicted molar refractivity (Wildman–Crippen MR) is 94.9 cm³/mol. The van der Waals surface area contributed by atoms with Gasteiger partial charge < -0.3 is 24.5 Å². The Morgan fingerprint density at radius 1 is 1.23 bits per heavy atom. The fraction of sp³-hybridized carbons (Fsp3) is 0.389. The normalized spacial score (nSPS) is 11.5. The van der Waals surface area contributed by atoms with Crippen molar-refractivity contribution in [1.29, 1.82) is 0 Å². The van der Waals surface area contributed by atoms with Crippen molar-refractivity contribution >= 4 is 5.96 Å². The number of hydrogen-bond donors (Lipinski definition) is 2. The minimum atomic E-state index is -2.91. The van der Waals surface area contributed by atoms with Gasteiger partial charge in [-0.1, -0.05) is 6.07 Å². The molecular formula is C18H23F2N3O3. The fourth-order valence-corrected chi connectivity index (χ4v) is 2.28. The number of nitrogens with zero attached hydrogens (tertiary/aromatic N) is 1. The van der Waals surface area contributed by atoms with Gasteiger partial charge in [0.25, 0.3) is 0 Å². The molecule has 0 fully saturated rings. The van der Waals surface area contributed by atoms with E-state index in [1.54, 1.807) is 18.4 Å². The molecule has 0 spiro atoms. The van der Waals surface area contributed by atoms with Gasteiger partial charge >= 0.3 is 6.61 Å². The summed E-state index contributed by atoms with van der Waals surface area (Å²) in [5.74, 6) is 1.76. The maximum atomic E-state index is 12.5. The molecule has 26 heavy (non-hydrogen) atoms. The zero-order valence-corrected chi connectivity index (χ0v) is 14.8. The van der Waals surface area contributed by atoms with Gasteiger partial charge in [-0.05, 0) is 36.8 Å². The van der Waals surface area contributed by atoms with Crippen LogP contribution in [-0.2, 0) is 13.0 Å². The van der Waals surface area contributed by atoms with E-state index in [1.807, 2.05) is 19.1 Å². The van der Waals surface area contributed by atoms with Gasteiger partial charge in [0.2, 0.25) is 0 Å². The second kappa shape index (κ2) is 10.3. The Labute approximate surface area is 151 Å². The maximum absolute atomic E-state index is 12.5. The molecule has 0 aliphatic heterocycles. The van der Waals surface area contributed by atoms with Crippen LogP contribution in [0, 0.1) is 0 Å². The number of methoxy groups -OCH3 is 1. The second-order valence-corrected chi connectivity index (χ2v) is 5.32. The molecule has 0 saturated carbocycles. The summed E-state index contributed by atoms with van der Waals surface area (Å²) in [6.07, 6.45) is 2.36. The fourth-order valence-electron chi connectivity index (χ4n) is 2.28. The highest BCUT2D eigenvalue weighted by Gasteiger charge is 2.11. The van der Waals surface area contributed by atoms with Crippen LogP contribution in [0.4, 0.5) is 8.78 Å². The molecule has 6 nitrogen and oxygen atoms in total. The van der Waals surface area contributed by atoms with Gasteiger partial charge in [0.05, 0.1) is 19.9 Å². The number of halogens is 2. The van der Waals surface area contributed by atoms with E-state index in [0.717, 1.165) is 17.7 Å².